The van der Waals surface area contributed by atoms with Crippen LogP contribution < -0.4 is 0 Å². The minimum atomic E-state index is -0.0931. The van der Waals surface area contributed by atoms with Gasteiger partial charge < -0.3 is 9.64 Å². The van der Waals surface area contributed by atoms with Crippen molar-refractivity contribution in [1.29, 1.82) is 0 Å². The Labute approximate surface area is 109 Å². The largest absolute Gasteiger partial charge is 0.461 e. The minimum absolute atomic E-state index is 0.0931. The average molecular weight is 247 g/mol. The second-order valence-electron chi connectivity index (χ2n) is 4.80. The van der Waals surface area contributed by atoms with E-state index in [1.165, 1.54) is 19.3 Å². The number of benzene rings is 1. The minimum Gasteiger partial charge on any atom is -0.461 e. The molecule has 18 heavy (non-hydrogen) atoms. The molecule has 0 atom stereocenters. The molecule has 0 radical (unpaired) electrons. The number of hydrogen-bond donors (Lipinski definition) is 0. The smallest absolute Gasteiger partial charge is 0.307 e. The van der Waals surface area contributed by atoms with Gasteiger partial charge in [0.05, 0.1) is 6.42 Å². The van der Waals surface area contributed by atoms with Crippen molar-refractivity contribution in [3.8, 4) is 0 Å². The van der Waals surface area contributed by atoms with Crippen molar-refractivity contribution in [2.24, 2.45) is 0 Å². The summed E-state index contributed by atoms with van der Waals surface area (Å²) < 4.78 is 5.25. The number of esters is 1. The van der Waals surface area contributed by atoms with Crippen LogP contribution in [0.5, 0.6) is 0 Å². The third kappa shape index (κ3) is 4.49. The molecule has 2 rings (SSSR count). The Hall–Kier alpha value is -1.35. The molecule has 0 amide bonds. The Balaban J connectivity index is 1.63. The molecular weight excluding hydrogens is 226 g/mol. The molecule has 0 unspecified atom stereocenters. The van der Waals surface area contributed by atoms with E-state index in [-0.39, 0.29) is 5.97 Å². The Morgan fingerprint density at radius 2 is 1.83 bits per heavy atom. The van der Waals surface area contributed by atoms with E-state index in [1.807, 2.05) is 30.3 Å². The van der Waals surface area contributed by atoms with Crippen molar-refractivity contribution in [2.75, 3.05) is 19.6 Å². The van der Waals surface area contributed by atoms with Crippen molar-refractivity contribution in [3.05, 3.63) is 35.9 Å². The second kappa shape index (κ2) is 7.17. The van der Waals surface area contributed by atoms with Crippen molar-refractivity contribution >= 4 is 5.97 Å². The van der Waals surface area contributed by atoms with Crippen LogP contribution in [0.3, 0.4) is 0 Å². The highest BCUT2D eigenvalue weighted by molar-refractivity contribution is 5.69. The zero-order chi connectivity index (χ0) is 12.6. The summed E-state index contributed by atoms with van der Waals surface area (Å²) in [6.45, 7) is 3.49. The SMILES string of the molecule is O=C(CCN1CCCCC1)OCc1ccccc1. The summed E-state index contributed by atoms with van der Waals surface area (Å²) in [4.78, 5) is 14.0. The number of hydrogen-bond acceptors (Lipinski definition) is 3. The van der Waals surface area contributed by atoms with Gasteiger partial charge in [-0.25, -0.2) is 0 Å². The monoisotopic (exact) mass is 247 g/mol. The van der Waals surface area contributed by atoms with Crippen molar-refractivity contribution in [3.63, 3.8) is 0 Å². The van der Waals surface area contributed by atoms with Crippen LogP contribution in [0.15, 0.2) is 30.3 Å². The Kier molecular flexibility index (Phi) is 5.21. The topological polar surface area (TPSA) is 29.5 Å². The summed E-state index contributed by atoms with van der Waals surface area (Å²) in [7, 11) is 0. The summed E-state index contributed by atoms with van der Waals surface area (Å²) in [6, 6.07) is 9.81. The fraction of sp³-hybridized carbons (Fsp3) is 0.533. The number of ether oxygens (including phenoxy) is 1. The maximum absolute atomic E-state index is 11.6. The molecule has 98 valence electrons. The first kappa shape index (κ1) is 13.1. The number of likely N-dealkylation sites (tertiary alicyclic amines) is 1. The van der Waals surface area contributed by atoms with Gasteiger partial charge in [-0.3, -0.25) is 4.79 Å². The van der Waals surface area contributed by atoms with Crippen LogP contribution in [0.25, 0.3) is 0 Å². The molecule has 0 saturated carbocycles. The van der Waals surface area contributed by atoms with Gasteiger partial charge in [-0.1, -0.05) is 36.8 Å². The third-order valence-corrected chi connectivity index (χ3v) is 3.32. The zero-order valence-electron chi connectivity index (χ0n) is 10.8. The highest BCUT2D eigenvalue weighted by atomic mass is 16.5. The molecule has 0 aliphatic carbocycles. The molecule has 1 aliphatic rings. The van der Waals surface area contributed by atoms with E-state index in [2.05, 4.69) is 4.90 Å². The normalized spacial score (nSPS) is 16.4. The van der Waals surface area contributed by atoms with Crippen molar-refractivity contribution in [1.82, 2.24) is 4.90 Å². The lowest BCUT2D eigenvalue weighted by molar-refractivity contribution is -0.145. The van der Waals surface area contributed by atoms with E-state index in [0.29, 0.717) is 13.0 Å². The molecule has 3 nitrogen and oxygen atoms in total. The van der Waals surface area contributed by atoms with E-state index in [9.17, 15) is 4.79 Å². The van der Waals surface area contributed by atoms with Crippen LogP contribution in [0.2, 0.25) is 0 Å². The van der Waals surface area contributed by atoms with Crippen molar-refractivity contribution < 1.29 is 9.53 Å². The second-order valence-corrected chi connectivity index (χ2v) is 4.80. The van der Waals surface area contributed by atoms with Crippen LogP contribution in [0, 0.1) is 0 Å². The summed E-state index contributed by atoms with van der Waals surface area (Å²) in [5.74, 6) is -0.0931. The Morgan fingerprint density at radius 3 is 2.56 bits per heavy atom. The van der Waals surface area contributed by atoms with Gasteiger partial charge in [0.15, 0.2) is 0 Å². The van der Waals surface area contributed by atoms with Crippen LogP contribution >= 0.6 is 0 Å². The lowest BCUT2D eigenvalue weighted by Crippen LogP contribution is -2.31. The van der Waals surface area contributed by atoms with E-state index in [4.69, 9.17) is 4.74 Å². The predicted octanol–water partition coefficient (Wildman–Crippen LogP) is 2.61. The van der Waals surface area contributed by atoms with E-state index in [0.717, 1.165) is 25.2 Å². The maximum atomic E-state index is 11.6. The molecule has 0 bridgehead atoms. The molecule has 1 fully saturated rings. The Morgan fingerprint density at radius 1 is 1.11 bits per heavy atom. The lowest BCUT2D eigenvalue weighted by Gasteiger charge is -2.25. The van der Waals surface area contributed by atoms with Crippen molar-refractivity contribution in [2.45, 2.75) is 32.3 Å². The number of carbonyl (C=O) groups excluding carboxylic acids is 1. The number of carbonyl (C=O) groups is 1. The van der Waals surface area contributed by atoms with E-state index >= 15 is 0 Å². The molecule has 1 aliphatic heterocycles. The number of nitrogens with zero attached hydrogens (tertiary/aromatic N) is 1. The number of piperidine rings is 1. The zero-order valence-corrected chi connectivity index (χ0v) is 10.8. The first-order valence-electron chi connectivity index (χ1n) is 6.76. The summed E-state index contributed by atoms with van der Waals surface area (Å²) >= 11 is 0. The van der Waals surface area contributed by atoms with Gasteiger partial charge >= 0.3 is 5.97 Å². The first-order valence-corrected chi connectivity index (χ1v) is 6.76. The molecule has 3 heteroatoms. The fourth-order valence-electron chi connectivity index (χ4n) is 2.24. The van der Waals surface area contributed by atoms with Crippen LogP contribution in [-0.2, 0) is 16.1 Å². The molecule has 0 aromatic heterocycles. The van der Waals surface area contributed by atoms with Gasteiger partial charge in [-0.15, -0.1) is 0 Å². The molecule has 0 N–H and O–H groups in total. The maximum Gasteiger partial charge on any atom is 0.307 e. The Bertz CT molecular complexity index is 358. The van der Waals surface area contributed by atoms with Gasteiger partial charge in [0.25, 0.3) is 0 Å². The average Bonchev–Trinajstić information content (AvgIpc) is 2.45. The summed E-state index contributed by atoms with van der Waals surface area (Å²) in [5.41, 5.74) is 1.05. The van der Waals surface area contributed by atoms with Gasteiger partial charge in [0, 0.05) is 6.54 Å². The number of rotatable bonds is 5. The summed E-state index contributed by atoms with van der Waals surface area (Å²) in [5, 5.41) is 0. The molecule has 1 saturated heterocycles. The summed E-state index contributed by atoms with van der Waals surface area (Å²) in [6.07, 6.45) is 4.36. The highest BCUT2D eigenvalue weighted by Crippen LogP contribution is 2.09. The molecule has 1 heterocycles. The lowest BCUT2D eigenvalue weighted by atomic mass is 10.1. The van der Waals surface area contributed by atoms with Crippen LogP contribution in [-0.4, -0.2) is 30.5 Å². The quantitative estimate of drug-likeness (QED) is 0.749. The molecular formula is C15H21NO2. The van der Waals surface area contributed by atoms with Gasteiger partial charge in [0.2, 0.25) is 0 Å². The molecule has 1 aromatic rings. The standard InChI is InChI=1S/C15H21NO2/c17-15(9-12-16-10-5-2-6-11-16)18-13-14-7-3-1-4-8-14/h1,3-4,7-8H,2,5-6,9-13H2. The van der Waals surface area contributed by atoms with Gasteiger partial charge in [-0.05, 0) is 31.5 Å². The third-order valence-electron chi connectivity index (χ3n) is 3.32. The predicted molar refractivity (Wildman–Crippen MR) is 71.1 cm³/mol. The molecule has 0 spiro atoms. The van der Waals surface area contributed by atoms with Gasteiger partial charge in [0.1, 0.15) is 6.61 Å². The van der Waals surface area contributed by atoms with Crippen LogP contribution in [0.1, 0.15) is 31.2 Å². The van der Waals surface area contributed by atoms with Gasteiger partial charge in [-0.2, -0.15) is 0 Å². The highest BCUT2D eigenvalue weighted by Gasteiger charge is 2.12. The van der Waals surface area contributed by atoms with E-state index in [1.54, 1.807) is 0 Å². The van der Waals surface area contributed by atoms with E-state index < -0.39 is 0 Å². The molecule has 1 aromatic carbocycles. The van der Waals surface area contributed by atoms with Crippen LogP contribution in [0.4, 0.5) is 0 Å². The fourth-order valence-corrected chi connectivity index (χ4v) is 2.24. The first-order chi connectivity index (χ1) is 8.84.